The minimum atomic E-state index is -0.600. The maximum Gasteiger partial charge on any atom is 0.338 e. The number of ether oxygens (including phenoxy) is 2. The number of amides is 1. The standard InChI is InChI=1S/C21H21N3O5/c1-4-28-20(26)14-9-15(21(27)29-5-2)11-16(10-14)22-19(25)17-12-24-13(3)7-6-8-18(24)23-17/h6-12H,4-5H2,1-3H3,(H,22,25). The van der Waals surface area contributed by atoms with Gasteiger partial charge in [0.15, 0.2) is 0 Å². The van der Waals surface area contributed by atoms with Gasteiger partial charge in [-0.2, -0.15) is 0 Å². The van der Waals surface area contributed by atoms with E-state index in [1.54, 1.807) is 30.5 Å². The van der Waals surface area contributed by atoms with Crippen molar-refractivity contribution in [3.05, 3.63) is 65.1 Å². The van der Waals surface area contributed by atoms with Gasteiger partial charge in [0.05, 0.1) is 24.3 Å². The second-order valence-corrected chi connectivity index (χ2v) is 6.22. The second-order valence-electron chi connectivity index (χ2n) is 6.22. The lowest BCUT2D eigenvalue weighted by atomic mass is 10.1. The molecule has 3 aromatic rings. The molecule has 0 aliphatic carbocycles. The number of carbonyl (C=O) groups excluding carboxylic acids is 3. The quantitative estimate of drug-likeness (QED) is 0.643. The van der Waals surface area contributed by atoms with Crippen LogP contribution in [0.3, 0.4) is 0 Å². The van der Waals surface area contributed by atoms with E-state index in [0.29, 0.717) is 5.65 Å². The van der Waals surface area contributed by atoms with Crippen LogP contribution in [-0.2, 0) is 9.47 Å². The van der Waals surface area contributed by atoms with Crippen molar-refractivity contribution in [1.29, 1.82) is 0 Å². The number of anilines is 1. The lowest BCUT2D eigenvalue weighted by Gasteiger charge is -2.10. The van der Waals surface area contributed by atoms with Crippen molar-refractivity contribution in [3.8, 4) is 0 Å². The maximum atomic E-state index is 12.7. The molecule has 1 N–H and O–H groups in total. The van der Waals surface area contributed by atoms with Crippen LogP contribution in [0.1, 0.15) is 50.7 Å². The molecule has 0 aliphatic heterocycles. The molecule has 2 heterocycles. The number of benzene rings is 1. The number of pyridine rings is 1. The number of aryl methyl sites for hydroxylation is 1. The number of nitrogens with zero attached hydrogens (tertiary/aromatic N) is 2. The minimum Gasteiger partial charge on any atom is -0.462 e. The van der Waals surface area contributed by atoms with Crippen LogP contribution in [0, 0.1) is 6.92 Å². The Bertz CT molecular complexity index is 1050. The van der Waals surface area contributed by atoms with Gasteiger partial charge in [0.2, 0.25) is 0 Å². The minimum absolute atomic E-state index is 0.138. The molecule has 0 saturated heterocycles. The maximum absolute atomic E-state index is 12.7. The lowest BCUT2D eigenvalue weighted by molar-refractivity contribution is 0.0525. The van der Waals surface area contributed by atoms with Crippen LogP contribution in [0.15, 0.2) is 42.6 Å². The van der Waals surface area contributed by atoms with Crippen molar-refractivity contribution < 1.29 is 23.9 Å². The Hall–Kier alpha value is -3.68. The van der Waals surface area contributed by atoms with E-state index in [1.807, 2.05) is 19.1 Å². The molecule has 8 heteroatoms. The van der Waals surface area contributed by atoms with Crippen LogP contribution in [-0.4, -0.2) is 40.4 Å². The number of imidazole rings is 1. The molecule has 0 fully saturated rings. The molecule has 0 radical (unpaired) electrons. The predicted molar refractivity (Wildman–Crippen MR) is 106 cm³/mol. The molecule has 0 aliphatic rings. The summed E-state index contributed by atoms with van der Waals surface area (Å²) < 4.78 is 11.8. The molecule has 1 amide bonds. The Labute approximate surface area is 167 Å². The van der Waals surface area contributed by atoms with Gasteiger partial charge in [0.25, 0.3) is 5.91 Å². The predicted octanol–water partition coefficient (Wildman–Crippen LogP) is 3.25. The highest BCUT2D eigenvalue weighted by Gasteiger charge is 2.17. The molecule has 0 unspecified atom stereocenters. The smallest absolute Gasteiger partial charge is 0.338 e. The van der Waals surface area contributed by atoms with Crippen molar-refractivity contribution >= 4 is 29.2 Å². The number of fused-ring (bicyclic) bond motifs is 1. The van der Waals surface area contributed by atoms with Gasteiger partial charge in [0.1, 0.15) is 11.3 Å². The highest BCUT2D eigenvalue weighted by molar-refractivity contribution is 6.05. The zero-order chi connectivity index (χ0) is 21.0. The second kappa shape index (κ2) is 8.55. The van der Waals surface area contributed by atoms with Crippen molar-refractivity contribution in [2.75, 3.05) is 18.5 Å². The Balaban J connectivity index is 1.93. The summed E-state index contributed by atoms with van der Waals surface area (Å²) in [5, 5.41) is 2.68. The number of nitrogens with one attached hydrogen (secondary N) is 1. The van der Waals surface area contributed by atoms with E-state index in [9.17, 15) is 14.4 Å². The van der Waals surface area contributed by atoms with E-state index in [0.717, 1.165) is 5.69 Å². The van der Waals surface area contributed by atoms with Crippen LogP contribution >= 0.6 is 0 Å². The number of rotatable bonds is 6. The molecule has 2 aromatic heterocycles. The zero-order valence-electron chi connectivity index (χ0n) is 16.4. The summed E-state index contributed by atoms with van der Waals surface area (Å²) in [5.74, 6) is -1.67. The normalized spacial score (nSPS) is 10.6. The van der Waals surface area contributed by atoms with E-state index in [1.165, 1.54) is 18.2 Å². The molecule has 0 spiro atoms. The summed E-state index contributed by atoms with van der Waals surface area (Å²) in [7, 11) is 0. The third-order valence-corrected chi connectivity index (χ3v) is 4.14. The molecule has 0 saturated carbocycles. The number of carbonyl (C=O) groups is 3. The van der Waals surface area contributed by atoms with Gasteiger partial charge in [-0.1, -0.05) is 6.07 Å². The molecule has 3 rings (SSSR count). The molecular weight excluding hydrogens is 374 g/mol. The monoisotopic (exact) mass is 395 g/mol. The van der Waals surface area contributed by atoms with E-state index in [4.69, 9.17) is 9.47 Å². The van der Waals surface area contributed by atoms with E-state index < -0.39 is 17.8 Å². The largest absolute Gasteiger partial charge is 0.462 e. The Morgan fingerprint density at radius 1 is 1.00 bits per heavy atom. The van der Waals surface area contributed by atoms with Gasteiger partial charge in [-0.15, -0.1) is 0 Å². The average molecular weight is 395 g/mol. The summed E-state index contributed by atoms with van der Waals surface area (Å²) >= 11 is 0. The molecule has 0 atom stereocenters. The molecule has 0 bridgehead atoms. The van der Waals surface area contributed by atoms with Crippen LogP contribution in [0.5, 0.6) is 0 Å². The average Bonchev–Trinajstić information content (AvgIpc) is 3.14. The van der Waals surface area contributed by atoms with Gasteiger partial charge < -0.3 is 19.2 Å². The van der Waals surface area contributed by atoms with Crippen LogP contribution in [0.2, 0.25) is 0 Å². The van der Waals surface area contributed by atoms with E-state index in [-0.39, 0.29) is 35.7 Å². The van der Waals surface area contributed by atoms with Gasteiger partial charge in [-0.05, 0) is 51.1 Å². The van der Waals surface area contributed by atoms with Gasteiger partial charge >= 0.3 is 11.9 Å². The number of aromatic nitrogens is 2. The van der Waals surface area contributed by atoms with Crippen molar-refractivity contribution in [2.24, 2.45) is 0 Å². The lowest BCUT2D eigenvalue weighted by Crippen LogP contribution is -2.15. The fourth-order valence-electron chi connectivity index (χ4n) is 2.82. The Kier molecular flexibility index (Phi) is 5.92. The van der Waals surface area contributed by atoms with E-state index >= 15 is 0 Å². The third kappa shape index (κ3) is 4.43. The first-order chi connectivity index (χ1) is 13.9. The van der Waals surface area contributed by atoms with Crippen molar-refractivity contribution in [3.63, 3.8) is 0 Å². The first-order valence-corrected chi connectivity index (χ1v) is 9.18. The summed E-state index contributed by atoms with van der Waals surface area (Å²) in [4.78, 5) is 41.3. The van der Waals surface area contributed by atoms with Gasteiger partial charge in [-0.3, -0.25) is 4.79 Å². The Morgan fingerprint density at radius 3 is 2.17 bits per heavy atom. The number of hydrogen-bond acceptors (Lipinski definition) is 6. The number of esters is 2. The van der Waals surface area contributed by atoms with Crippen molar-refractivity contribution in [1.82, 2.24) is 9.38 Å². The summed E-state index contributed by atoms with van der Waals surface area (Å²) in [5.41, 5.74) is 2.32. The third-order valence-electron chi connectivity index (χ3n) is 4.14. The van der Waals surface area contributed by atoms with Gasteiger partial charge in [-0.25, -0.2) is 14.6 Å². The highest BCUT2D eigenvalue weighted by atomic mass is 16.5. The highest BCUT2D eigenvalue weighted by Crippen LogP contribution is 2.19. The van der Waals surface area contributed by atoms with Crippen LogP contribution < -0.4 is 5.32 Å². The summed E-state index contributed by atoms with van der Waals surface area (Å²) in [6, 6.07) is 9.82. The topological polar surface area (TPSA) is 99.0 Å². The summed E-state index contributed by atoms with van der Waals surface area (Å²) in [6.45, 7) is 5.64. The zero-order valence-corrected chi connectivity index (χ0v) is 16.4. The van der Waals surface area contributed by atoms with E-state index in [2.05, 4.69) is 10.3 Å². The Morgan fingerprint density at radius 2 is 1.62 bits per heavy atom. The molecule has 1 aromatic carbocycles. The fraction of sp³-hybridized carbons (Fsp3) is 0.238. The molecular formula is C21H21N3O5. The first-order valence-electron chi connectivity index (χ1n) is 9.18. The number of hydrogen-bond donors (Lipinski definition) is 1. The fourth-order valence-corrected chi connectivity index (χ4v) is 2.82. The SMILES string of the molecule is CCOC(=O)c1cc(NC(=O)c2cn3c(C)cccc3n2)cc(C(=O)OCC)c1. The van der Waals surface area contributed by atoms with Crippen LogP contribution in [0.25, 0.3) is 5.65 Å². The first kappa shape index (κ1) is 20.1. The van der Waals surface area contributed by atoms with Gasteiger partial charge in [0, 0.05) is 17.6 Å². The molecule has 150 valence electrons. The van der Waals surface area contributed by atoms with Crippen LogP contribution in [0.4, 0.5) is 5.69 Å². The molecule has 8 nitrogen and oxygen atoms in total. The van der Waals surface area contributed by atoms with Crippen molar-refractivity contribution in [2.45, 2.75) is 20.8 Å². The summed E-state index contributed by atoms with van der Waals surface area (Å²) in [6.07, 6.45) is 1.63. The molecule has 29 heavy (non-hydrogen) atoms.